The maximum absolute atomic E-state index is 11.7. The molecule has 0 heterocycles. The van der Waals surface area contributed by atoms with Crippen LogP contribution in [0, 0.1) is 6.92 Å². The highest BCUT2D eigenvalue weighted by molar-refractivity contribution is 9.10. The van der Waals surface area contributed by atoms with Crippen LogP contribution < -0.4 is 10.6 Å². The summed E-state index contributed by atoms with van der Waals surface area (Å²) in [6, 6.07) is 13.8. The van der Waals surface area contributed by atoms with Gasteiger partial charge in [0, 0.05) is 22.4 Å². The molecule has 0 unspecified atom stereocenters. The first-order chi connectivity index (χ1) is 11.2. The molecule has 2 N–H and O–H groups in total. The van der Waals surface area contributed by atoms with Crippen LogP contribution in [0.25, 0.3) is 0 Å². The Morgan fingerprint density at radius 3 is 2.29 bits per heavy atom. The Morgan fingerprint density at radius 1 is 1.08 bits per heavy atom. The fourth-order valence-electron chi connectivity index (χ4n) is 2.11. The summed E-state index contributed by atoms with van der Waals surface area (Å²) in [6.07, 6.45) is -0.450. The molecule has 2 rings (SSSR count). The topological polar surface area (TPSA) is 50.4 Å². The zero-order valence-electron chi connectivity index (χ0n) is 14.4. The zero-order chi connectivity index (χ0) is 17.7. The predicted octanol–water partition coefficient (Wildman–Crippen LogP) is 5.72. The molecule has 5 heteroatoms. The second-order valence-corrected chi connectivity index (χ2v) is 7.50. The molecule has 0 atom stereocenters. The number of rotatable bonds is 4. The Hall–Kier alpha value is -2.01. The summed E-state index contributed by atoms with van der Waals surface area (Å²) >= 11 is 3.51. The lowest BCUT2D eigenvalue weighted by Gasteiger charge is -2.19. The lowest BCUT2D eigenvalue weighted by molar-refractivity contribution is 0.0636. The van der Waals surface area contributed by atoms with Crippen LogP contribution in [-0.4, -0.2) is 11.7 Å². The molecule has 1 amide bonds. The molecule has 4 nitrogen and oxygen atoms in total. The lowest BCUT2D eigenvalue weighted by atomic mass is 10.1. The second-order valence-electron chi connectivity index (χ2n) is 6.64. The number of carbonyl (C=O) groups excluding carboxylic acids is 1. The first kappa shape index (κ1) is 18.3. The van der Waals surface area contributed by atoms with Crippen molar-refractivity contribution in [2.75, 3.05) is 10.6 Å². The van der Waals surface area contributed by atoms with Gasteiger partial charge in [-0.2, -0.15) is 0 Å². The molecule has 2 aromatic rings. The molecule has 0 fully saturated rings. The largest absolute Gasteiger partial charge is 0.444 e. The maximum Gasteiger partial charge on any atom is 0.412 e. The number of anilines is 2. The maximum atomic E-state index is 11.7. The van der Waals surface area contributed by atoms with Crippen molar-refractivity contribution in [3.05, 3.63) is 58.1 Å². The Kier molecular flexibility index (Phi) is 5.89. The first-order valence-electron chi connectivity index (χ1n) is 7.82. The van der Waals surface area contributed by atoms with Gasteiger partial charge in [0.1, 0.15) is 5.60 Å². The molecule has 2 aromatic carbocycles. The van der Waals surface area contributed by atoms with Crippen LogP contribution in [0.5, 0.6) is 0 Å². The van der Waals surface area contributed by atoms with Crippen LogP contribution >= 0.6 is 15.9 Å². The quantitative estimate of drug-likeness (QED) is 0.701. The fraction of sp³-hybridized carbons (Fsp3) is 0.316. The van der Waals surface area contributed by atoms with E-state index in [1.165, 1.54) is 11.1 Å². The smallest absolute Gasteiger partial charge is 0.412 e. The van der Waals surface area contributed by atoms with Gasteiger partial charge in [-0.15, -0.1) is 0 Å². The number of hydrogen-bond donors (Lipinski definition) is 2. The summed E-state index contributed by atoms with van der Waals surface area (Å²) in [6.45, 7) is 8.33. The Bertz CT molecular complexity index is 706. The average Bonchev–Trinajstić information content (AvgIpc) is 2.48. The van der Waals surface area contributed by atoms with Gasteiger partial charge in [0.05, 0.1) is 0 Å². The van der Waals surface area contributed by atoms with Crippen molar-refractivity contribution >= 4 is 33.4 Å². The van der Waals surface area contributed by atoms with Gasteiger partial charge in [0.15, 0.2) is 0 Å². The van der Waals surface area contributed by atoms with Crippen LogP contribution in [0.2, 0.25) is 0 Å². The lowest BCUT2D eigenvalue weighted by Crippen LogP contribution is -2.27. The molecule has 24 heavy (non-hydrogen) atoms. The average molecular weight is 391 g/mol. The third-order valence-electron chi connectivity index (χ3n) is 3.25. The van der Waals surface area contributed by atoms with E-state index in [2.05, 4.69) is 51.7 Å². The predicted molar refractivity (Wildman–Crippen MR) is 103 cm³/mol. The summed E-state index contributed by atoms with van der Waals surface area (Å²) in [5, 5.41) is 6.09. The zero-order valence-corrected chi connectivity index (χ0v) is 16.0. The number of aryl methyl sites for hydroxylation is 1. The van der Waals surface area contributed by atoms with Gasteiger partial charge in [0.25, 0.3) is 0 Å². The molecule has 128 valence electrons. The van der Waals surface area contributed by atoms with Crippen molar-refractivity contribution in [1.29, 1.82) is 0 Å². The molecule has 0 spiro atoms. The number of ether oxygens (including phenoxy) is 1. The minimum Gasteiger partial charge on any atom is -0.444 e. The van der Waals surface area contributed by atoms with Crippen molar-refractivity contribution in [2.45, 2.75) is 39.8 Å². The highest BCUT2D eigenvalue weighted by atomic mass is 79.9. The van der Waals surface area contributed by atoms with E-state index in [-0.39, 0.29) is 0 Å². The van der Waals surface area contributed by atoms with E-state index in [0.29, 0.717) is 5.69 Å². The van der Waals surface area contributed by atoms with E-state index in [0.717, 1.165) is 16.7 Å². The fourth-order valence-corrected chi connectivity index (χ4v) is 2.36. The van der Waals surface area contributed by atoms with E-state index >= 15 is 0 Å². The van der Waals surface area contributed by atoms with Gasteiger partial charge in [-0.25, -0.2) is 4.79 Å². The third kappa shape index (κ3) is 5.89. The van der Waals surface area contributed by atoms with Crippen molar-refractivity contribution in [3.8, 4) is 0 Å². The number of benzene rings is 2. The van der Waals surface area contributed by atoms with Gasteiger partial charge in [0.2, 0.25) is 0 Å². The number of nitrogens with one attached hydrogen (secondary N) is 2. The van der Waals surface area contributed by atoms with E-state index in [4.69, 9.17) is 4.74 Å². The summed E-state index contributed by atoms with van der Waals surface area (Å²) < 4.78 is 6.34. The highest BCUT2D eigenvalue weighted by Crippen LogP contribution is 2.19. The molecule has 0 radical (unpaired) electrons. The van der Waals surface area contributed by atoms with E-state index in [1.54, 1.807) is 0 Å². The Labute approximate surface area is 151 Å². The van der Waals surface area contributed by atoms with Crippen LogP contribution in [0.4, 0.5) is 16.2 Å². The molecular formula is C19H23BrN2O2. The van der Waals surface area contributed by atoms with Gasteiger partial charge in [-0.1, -0.05) is 28.1 Å². The van der Waals surface area contributed by atoms with Crippen molar-refractivity contribution in [3.63, 3.8) is 0 Å². The van der Waals surface area contributed by atoms with Gasteiger partial charge >= 0.3 is 6.09 Å². The van der Waals surface area contributed by atoms with Gasteiger partial charge < -0.3 is 10.1 Å². The van der Waals surface area contributed by atoms with Crippen LogP contribution in [0.3, 0.4) is 0 Å². The molecule has 0 aliphatic carbocycles. The van der Waals surface area contributed by atoms with Gasteiger partial charge in [-0.3, -0.25) is 5.32 Å². The third-order valence-corrected chi connectivity index (χ3v) is 4.14. The summed E-state index contributed by atoms with van der Waals surface area (Å²) in [5.74, 6) is 0. The monoisotopic (exact) mass is 390 g/mol. The standard InChI is InChI=1S/C19H23BrN2O2/c1-13-11-14(5-10-17(13)20)12-21-15-6-8-16(9-7-15)22-18(23)24-19(2,3)4/h5-11,21H,12H2,1-4H3,(H,22,23). The summed E-state index contributed by atoms with van der Waals surface area (Å²) in [5.41, 5.74) is 3.62. The van der Waals surface area contributed by atoms with Crippen LogP contribution in [-0.2, 0) is 11.3 Å². The molecule has 0 aliphatic heterocycles. The van der Waals surface area contributed by atoms with Gasteiger partial charge in [-0.05, 0) is 69.2 Å². The SMILES string of the molecule is Cc1cc(CNc2ccc(NC(=O)OC(C)(C)C)cc2)ccc1Br. The minimum absolute atomic E-state index is 0.450. The summed E-state index contributed by atoms with van der Waals surface area (Å²) in [4.78, 5) is 11.7. The number of carbonyl (C=O) groups is 1. The Morgan fingerprint density at radius 2 is 1.71 bits per heavy atom. The molecule has 0 saturated heterocycles. The molecule has 0 saturated carbocycles. The summed E-state index contributed by atoms with van der Waals surface area (Å²) in [7, 11) is 0. The van der Waals surface area contributed by atoms with Crippen molar-refractivity contribution in [2.24, 2.45) is 0 Å². The number of halogens is 1. The highest BCUT2D eigenvalue weighted by Gasteiger charge is 2.16. The Balaban J connectivity index is 1.90. The number of amides is 1. The number of hydrogen-bond acceptors (Lipinski definition) is 3. The van der Waals surface area contributed by atoms with E-state index < -0.39 is 11.7 Å². The van der Waals surface area contributed by atoms with E-state index in [9.17, 15) is 4.79 Å². The molecule has 0 aliphatic rings. The van der Waals surface area contributed by atoms with Crippen LogP contribution in [0.1, 0.15) is 31.9 Å². The molecular weight excluding hydrogens is 368 g/mol. The first-order valence-corrected chi connectivity index (χ1v) is 8.61. The van der Waals surface area contributed by atoms with E-state index in [1.807, 2.05) is 45.0 Å². The van der Waals surface area contributed by atoms with Crippen LogP contribution in [0.15, 0.2) is 46.9 Å². The molecule has 0 bridgehead atoms. The van der Waals surface area contributed by atoms with Crippen molar-refractivity contribution in [1.82, 2.24) is 0 Å². The second kappa shape index (κ2) is 7.71. The normalized spacial score (nSPS) is 11.0. The minimum atomic E-state index is -0.506. The molecule has 0 aromatic heterocycles. The van der Waals surface area contributed by atoms with Crippen molar-refractivity contribution < 1.29 is 9.53 Å².